The number of amides is 1. The van der Waals surface area contributed by atoms with Crippen molar-refractivity contribution in [3.63, 3.8) is 0 Å². The lowest BCUT2D eigenvalue weighted by atomic mass is 10.0. The van der Waals surface area contributed by atoms with E-state index >= 15 is 0 Å². The van der Waals surface area contributed by atoms with Crippen LogP contribution in [0.1, 0.15) is 39.8 Å². The molecule has 0 spiro atoms. The van der Waals surface area contributed by atoms with Crippen molar-refractivity contribution >= 4 is 28.6 Å². The largest absolute Gasteiger partial charge is 0.435 e. The molecule has 1 aromatic heterocycles. The van der Waals surface area contributed by atoms with Gasteiger partial charge in [0.1, 0.15) is 11.5 Å². The second-order valence-corrected chi connectivity index (χ2v) is 7.78. The van der Waals surface area contributed by atoms with Crippen LogP contribution in [0.3, 0.4) is 0 Å². The van der Waals surface area contributed by atoms with Crippen molar-refractivity contribution in [3.05, 3.63) is 69.7 Å². The molecule has 0 aliphatic rings. The molecule has 2 aromatic carbocycles. The third kappa shape index (κ3) is 5.29. The quantitative estimate of drug-likeness (QED) is 0.364. The summed E-state index contributed by atoms with van der Waals surface area (Å²) in [6.45, 7) is 5.57. The molecule has 0 saturated heterocycles. The van der Waals surface area contributed by atoms with E-state index in [1.807, 2.05) is 38.1 Å². The van der Waals surface area contributed by atoms with Gasteiger partial charge in [0.2, 0.25) is 0 Å². The van der Waals surface area contributed by atoms with Crippen LogP contribution in [-0.4, -0.2) is 23.2 Å². The number of anilines is 1. The maximum atomic E-state index is 13.2. The molecule has 1 heterocycles. The van der Waals surface area contributed by atoms with Gasteiger partial charge in [-0.25, -0.2) is 4.98 Å². The summed E-state index contributed by atoms with van der Waals surface area (Å²) in [5.41, 5.74) is 2.29. The Morgan fingerprint density at radius 2 is 1.84 bits per heavy atom. The fourth-order valence-corrected chi connectivity index (χ4v) is 3.74. The predicted octanol–water partition coefficient (Wildman–Crippen LogP) is 6.15. The minimum atomic E-state index is -4.70. The number of nitrogens with zero attached hydrogens (tertiary/aromatic N) is 2. The Kier molecular flexibility index (Phi) is 6.74. The molecule has 162 valence electrons. The molecule has 0 saturated carbocycles. The number of aryl methyl sites for hydroxylation is 1. The number of carbonyl (C=O) groups is 1. The first-order valence-corrected chi connectivity index (χ1v) is 10.2. The Balaban J connectivity index is 1.89. The molecule has 0 unspecified atom stereocenters. The van der Waals surface area contributed by atoms with E-state index in [1.165, 1.54) is 6.92 Å². The zero-order valence-electron chi connectivity index (χ0n) is 17.1. The van der Waals surface area contributed by atoms with Crippen LogP contribution < -0.4 is 5.32 Å². The van der Waals surface area contributed by atoms with Crippen molar-refractivity contribution < 1.29 is 22.8 Å². The van der Waals surface area contributed by atoms with Gasteiger partial charge in [-0.15, -0.1) is 11.3 Å². The molecule has 0 fully saturated rings. The summed E-state index contributed by atoms with van der Waals surface area (Å²) in [5.74, 6) is -0.846. The van der Waals surface area contributed by atoms with Gasteiger partial charge in [0.25, 0.3) is 5.91 Å². The first-order valence-electron chi connectivity index (χ1n) is 9.43. The predicted molar refractivity (Wildman–Crippen MR) is 116 cm³/mol. The van der Waals surface area contributed by atoms with Crippen molar-refractivity contribution in [2.45, 2.75) is 26.9 Å². The number of aromatic nitrogens is 1. The van der Waals surface area contributed by atoms with Crippen LogP contribution in [0.15, 0.2) is 53.7 Å². The second kappa shape index (κ2) is 9.30. The van der Waals surface area contributed by atoms with Gasteiger partial charge in [-0.05, 0) is 38.0 Å². The highest BCUT2D eigenvalue weighted by Gasteiger charge is 2.39. The number of nitrogens with one attached hydrogen (secondary N) is 1. The number of halogens is 3. The number of oxime groups is 1. The van der Waals surface area contributed by atoms with E-state index in [9.17, 15) is 18.0 Å². The summed E-state index contributed by atoms with van der Waals surface area (Å²) in [6.07, 6.45) is -4.70. The SMILES string of the molecule is CCON=C(C)c1ccc(-c2ccccc2NC(=O)c2sc(C)nc2C(F)(F)F)cc1. The van der Waals surface area contributed by atoms with Gasteiger partial charge < -0.3 is 10.2 Å². The van der Waals surface area contributed by atoms with Gasteiger partial charge in [0.05, 0.1) is 10.7 Å². The standard InChI is InChI=1S/C22H20F3N3O2S/c1-4-30-28-13(2)15-9-11-16(12-10-15)17-7-5-6-8-18(17)27-21(29)19-20(22(23,24)25)26-14(3)31-19/h5-12H,4H2,1-3H3,(H,27,29). The van der Waals surface area contributed by atoms with Gasteiger partial charge in [-0.1, -0.05) is 47.6 Å². The zero-order valence-corrected chi connectivity index (χ0v) is 17.9. The Labute approximate surface area is 181 Å². The van der Waals surface area contributed by atoms with E-state index in [1.54, 1.807) is 24.3 Å². The first kappa shape index (κ1) is 22.5. The number of thiazole rings is 1. The third-order valence-electron chi connectivity index (χ3n) is 4.33. The maximum Gasteiger partial charge on any atom is 0.435 e. The topological polar surface area (TPSA) is 63.6 Å². The molecule has 31 heavy (non-hydrogen) atoms. The lowest BCUT2D eigenvalue weighted by Crippen LogP contribution is -2.17. The summed E-state index contributed by atoms with van der Waals surface area (Å²) in [4.78, 5) is 20.7. The number of benzene rings is 2. The molecule has 0 radical (unpaired) electrons. The fraction of sp³-hybridized carbons (Fsp3) is 0.227. The van der Waals surface area contributed by atoms with Crippen molar-refractivity contribution in [3.8, 4) is 11.1 Å². The van der Waals surface area contributed by atoms with Crippen LogP contribution in [0.5, 0.6) is 0 Å². The first-order chi connectivity index (χ1) is 14.7. The molecule has 9 heteroatoms. The Bertz CT molecular complexity index is 1110. The zero-order chi connectivity index (χ0) is 22.6. The average Bonchev–Trinajstić information content (AvgIpc) is 3.15. The molecular formula is C22H20F3N3O2S. The van der Waals surface area contributed by atoms with E-state index < -0.39 is 22.7 Å². The van der Waals surface area contributed by atoms with Crippen LogP contribution in [0.4, 0.5) is 18.9 Å². The van der Waals surface area contributed by atoms with Gasteiger partial charge in [-0.2, -0.15) is 13.2 Å². The van der Waals surface area contributed by atoms with E-state index in [4.69, 9.17) is 4.84 Å². The van der Waals surface area contributed by atoms with Crippen molar-refractivity contribution in [1.82, 2.24) is 4.98 Å². The summed E-state index contributed by atoms with van der Waals surface area (Å²) in [6, 6.07) is 14.3. The number of alkyl halides is 3. The fourth-order valence-electron chi connectivity index (χ4n) is 2.90. The molecule has 3 rings (SSSR count). The van der Waals surface area contributed by atoms with Crippen molar-refractivity contribution in [1.29, 1.82) is 0 Å². The molecule has 0 aliphatic heterocycles. The average molecular weight is 447 g/mol. The molecule has 0 aliphatic carbocycles. The highest BCUT2D eigenvalue weighted by molar-refractivity contribution is 7.13. The number of rotatable bonds is 6. The highest BCUT2D eigenvalue weighted by atomic mass is 32.1. The molecule has 0 atom stereocenters. The smallest absolute Gasteiger partial charge is 0.396 e. The number of carbonyl (C=O) groups excluding carboxylic acids is 1. The number of hydrogen-bond acceptors (Lipinski definition) is 5. The maximum absolute atomic E-state index is 13.2. The monoisotopic (exact) mass is 447 g/mol. The molecule has 1 N–H and O–H groups in total. The normalized spacial score (nSPS) is 12.0. The van der Waals surface area contributed by atoms with E-state index in [-0.39, 0.29) is 5.01 Å². The van der Waals surface area contributed by atoms with Gasteiger partial charge in [-0.3, -0.25) is 4.79 Å². The van der Waals surface area contributed by atoms with E-state index in [0.29, 0.717) is 29.2 Å². The summed E-state index contributed by atoms with van der Waals surface area (Å²) in [5, 5.41) is 6.77. The van der Waals surface area contributed by atoms with Crippen LogP contribution >= 0.6 is 11.3 Å². The molecule has 5 nitrogen and oxygen atoms in total. The van der Waals surface area contributed by atoms with Crippen LogP contribution in [0.2, 0.25) is 0 Å². The Morgan fingerprint density at radius 3 is 2.48 bits per heavy atom. The summed E-state index contributed by atoms with van der Waals surface area (Å²) >= 11 is 0.714. The minimum Gasteiger partial charge on any atom is -0.396 e. The highest BCUT2D eigenvalue weighted by Crippen LogP contribution is 2.35. The van der Waals surface area contributed by atoms with Gasteiger partial charge >= 0.3 is 6.18 Å². The van der Waals surface area contributed by atoms with Crippen LogP contribution in [-0.2, 0) is 11.0 Å². The number of para-hydroxylation sites is 1. The lowest BCUT2D eigenvalue weighted by molar-refractivity contribution is -0.141. The molecule has 0 bridgehead atoms. The van der Waals surface area contributed by atoms with Gasteiger partial charge in [0, 0.05) is 11.3 Å². The molecule has 3 aromatic rings. The van der Waals surface area contributed by atoms with E-state index in [0.717, 1.165) is 16.8 Å². The summed E-state index contributed by atoms with van der Waals surface area (Å²) in [7, 11) is 0. The minimum absolute atomic E-state index is 0.172. The van der Waals surface area contributed by atoms with Crippen molar-refractivity contribution in [2.75, 3.05) is 11.9 Å². The second-order valence-electron chi connectivity index (χ2n) is 6.58. The Morgan fingerprint density at radius 1 is 1.16 bits per heavy atom. The summed E-state index contributed by atoms with van der Waals surface area (Å²) < 4.78 is 39.7. The van der Waals surface area contributed by atoms with Gasteiger partial charge in [0.15, 0.2) is 5.69 Å². The third-order valence-corrected chi connectivity index (χ3v) is 5.30. The lowest BCUT2D eigenvalue weighted by Gasteiger charge is -2.12. The van der Waals surface area contributed by atoms with Crippen LogP contribution in [0, 0.1) is 6.92 Å². The number of hydrogen-bond donors (Lipinski definition) is 1. The molecular weight excluding hydrogens is 427 g/mol. The van der Waals surface area contributed by atoms with E-state index in [2.05, 4.69) is 15.5 Å². The molecule has 1 amide bonds. The Hall–Kier alpha value is -3.20. The van der Waals surface area contributed by atoms with Crippen molar-refractivity contribution in [2.24, 2.45) is 5.16 Å². The van der Waals surface area contributed by atoms with Crippen LogP contribution in [0.25, 0.3) is 11.1 Å².